The molecule has 0 aromatic heterocycles. The van der Waals surface area contributed by atoms with Crippen molar-refractivity contribution in [2.75, 3.05) is 21.0 Å². The molecule has 0 fully saturated rings. The second-order valence-corrected chi connectivity index (χ2v) is 5.35. The Balaban J connectivity index is 1.67. The predicted molar refractivity (Wildman–Crippen MR) is 90.7 cm³/mol. The minimum Gasteiger partial charge on any atom is -0.493 e. The molecule has 2 aromatic carbocycles. The summed E-state index contributed by atoms with van der Waals surface area (Å²) in [5, 5.41) is 3.23. The third kappa shape index (κ3) is 3.32. The molecule has 2 aromatic rings. The summed E-state index contributed by atoms with van der Waals surface area (Å²) in [6, 6.07) is 11.4. The van der Waals surface area contributed by atoms with Gasteiger partial charge >= 0.3 is 0 Å². The van der Waals surface area contributed by atoms with Gasteiger partial charge in [-0.2, -0.15) is 0 Å². The van der Waals surface area contributed by atoms with Gasteiger partial charge in [0.25, 0.3) is 0 Å². The molecule has 1 aliphatic rings. The van der Waals surface area contributed by atoms with Crippen LogP contribution in [0.25, 0.3) is 0 Å². The monoisotopic (exact) mass is 331 g/mol. The summed E-state index contributed by atoms with van der Waals surface area (Å²) in [5.41, 5.74) is 1.94. The first-order valence-electron chi connectivity index (χ1n) is 7.10. The number of thiocarbonyl (C=S) groups is 1. The molecule has 1 aliphatic heterocycles. The number of ether oxygens (including phenoxy) is 4. The minimum absolute atomic E-state index is 0.274. The van der Waals surface area contributed by atoms with Crippen molar-refractivity contribution in [3.8, 4) is 23.0 Å². The zero-order valence-electron chi connectivity index (χ0n) is 12.9. The molecule has 6 heteroatoms. The summed E-state index contributed by atoms with van der Waals surface area (Å²) >= 11 is 5.44. The molecule has 1 N–H and O–H groups in total. The zero-order valence-corrected chi connectivity index (χ0v) is 13.7. The van der Waals surface area contributed by atoms with E-state index < -0.39 is 0 Å². The topological polar surface area (TPSA) is 49.0 Å². The van der Waals surface area contributed by atoms with Crippen LogP contribution in [0.4, 0.5) is 0 Å². The van der Waals surface area contributed by atoms with Crippen LogP contribution in [0.15, 0.2) is 36.4 Å². The Bertz CT molecular complexity index is 733. The van der Waals surface area contributed by atoms with Gasteiger partial charge in [-0.15, -0.1) is 0 Å². The number of hydrogen-bond acceptors (Lipinski definition) is 5. The molecule has 0 unspecified atom stereocenters. The van der Waals surface area contributed by atoms with Crippen LogP contribution < -0.4 is 24.3 Å². The van der Waals surface area contributed by atoms with E-state index in [1.54, 1.807) is 14.2 Å². The summed E-state index contributed by atoms with van der Waals surface area (Å²) in [6.07, 6.45) is 0. The van der Waals surface area contributed by atoms with Gasteiger partial charge in [0.2, 0.25) is 6.79 Å². The lowest BCUT2D eigenvalue weighted by Crippen LogP contribution is -2.21. The summed E-state index contributed by atoms with van der Waals surface area (Å²) in [4.78, 5) is 0.642. The predicted octanol–water partition coefficient (Wildman–Crippen LogP) is 2.90. The lowest BCUT2D eigenvalue weighted by molar-refractivity contribution is 0.174. The molecule has 0 atom stereocenters. The van der Waals surface area contributed by atoms with Crippen LogP contribution in [0, 0.1) is 0 Å². The van der Waals surface area contributed by atoms with Gasteiger partial charge in [0.15, 0.2) is 23.0 Å². The molecule has 5 nitrogen and oxygen atoms in total. The van der Waals surface area contributed by atoms with Gasteiger partial charge in [-0.3, -0.25) is 0 Å². The summed E-state index contributed by atoms with van der Waals surface area (Å²) in [6.45, 7) is 0.875. The van der Waals surface area contributed by atoms with Gasteiger partial charge in [0.1, 0.15) is 4.99 Å². The van der Waals surface area contributed by atoms with E-state index in [2.05, 4.69) is 5.32 Å². The highest BCUT2D eigenvalue weighted by molar-refractivity contribution is 7.80. The molecular formula is C17H17NO4S. The lowest BCUT2D eigenvalue weighted by Gasteiger charge is -2.12. The summed E-state index contributed by atoms with van der Waals surface area (Å²) in [5.74, 6) is 2.87. The average Bonchev–Trinajstić information content (AvgIpc) is 3.06. The Labute approximate surface area is 140 Å². The van der Waals surface area contributed by atoms with E-state index in [4.69, 9.17) is 31.2 Å². The third-order valence-electron chi connectivity index (χ3n) is 3.54. The first-order chi connectivity index (χ1) is 11.2. The molecule has 0 amide bonds. The van der Waals surface area contributed by atoms with Gasteiger partial charge in [-0.1, -0.05) is 18.3 Å². The molecule has 0 saturated carbocycles. The fourth-order valence-corrected chi connectivity index (χ4v) is 2.51. The lowest BCUT2D eigenvalue weighted by atomic mass is 10.1. The molecule has 0 bridgehead atoms. The summed E-state index contributed by atoms with van der Waals surface area (Å²) in [7, 11) is 3.21. The van der Waals surface area contributed by atoms with E-state index in [9.17, 15) is 0 Å². The van der Waals surface area contributed by atoms with Crippen LogP contribution in [-0.4, -0.2) is 26.0 Å². The van der Waals surface area contributed by atoms with E-state index >= 15 is 0 Å². The van der Waals surface area contributed by atoms with Crippen molar-refractivity contribution in [2.45, 2.75) is 6.54 Å². The minimum atomic E-state index is 0.274. The highest BCUT2D eigenvalue weighted by Crippen LogP contribution is 2.32. The van der Waals surface area contributed by atoms with Crippen molar-refractivity contribution in [1.29, 1.82) is 0 Å². The van der Waals surface area contributed by atoms with Gasteiger partial charge in [0.05, 0.1) is 14.2 Å². The Morgan fingerprint density at radius 3 is 2.61 bits per heavy atom. The van der Waals surface area contributed by atoms with Gasteiger partial charge in [-0.25, -0.2) is 0 Å². The first-order valence-corrected chi connectivity index (χ1v) is 7.51. The quantitative estimate of drug-likeness (QED) is 0.850. The maximum Gasteiger partial charge on any atom is 0.231 e. The van der Waals surface area contributed by atoms with Crippen LogP contribution in [-0.2, 0) is 6.54 Å². The van der Waals surface area contributed by atoms with Crippen molar-refractivity contribution >= 4 is 17.2 Å². The third-order valence-corrected chi connectivity index (χ3v) is 3.92. The van der Waals surface area contributed by atoms with Crippen LogP contribution in [0.1, 0.15) is 11.1 Å². The van der Waals surface area contributed by atoms with Crippen molar-refractivity contribution in [3.05, 3.63) is 47.5 Å². The Kier molecular flexibility index (Phi) is 4.52. The fourth-order valence-electron chi connectivity index (χ4n) is 2.31. The van der Waals surface area contributed by atoms with E-state index in [0.29, 0.717) is 23.0 Å². The van der Waals surface area contributed by atoms with E-state index in [1.807, 2.05) is 36.4 Å². The maximum atomic E-state index is 5.44. The molecule has 120 valence electrons. The Morgan fingerprint density at radius 1 is 1.04 bits per heavy atom. The van der Waals surface area contributed by atoms with Crippen LogP contribution in [0.2, 0.25) is 0 Å². The number of nitrogens with one attached hydrogen (secondary N) is 1. The van der Waals surface area contributed by atoms with Crippen LogP contribution in [0.3, 0.4) is 0 Å². The van der Waals surface area contributed by atoms with Crippen molar-refractivity contribution in [3.63, 3.8) is 0 Å². The Morgan fingerprint density at radius 2 is 1.83 bits per heavy atom. The molecule has 23 heavy (non-hydrogen) atoms. The molecule has 0 aliphatic carbocycles. The van der Waals surface area contributed by atoms with Gasteiger partial charge < -0.3 is 24.3 Å². The van der Waals surface area contributed by atoms with E-state index in [0.717, 1.165) is 22.6 Å². The summed E-state index contributed by atoms with van der Waals surface area (Å²) < 4.78 is 21.2. The van der Waals surface area contributed by atoms with Crippen molar-refractivity contribution in [2.24, 2.45) is 0 Å². The average molecular weight is 331 g/mol. The molecule has 3 rings (SSSR count). The van der Waals surface area contributed by atoms with Crippen LogP contribution >= 0.6 is 12.2 Å². The second kappa shape index (κ2) is 6.75. The zero-order chi connectivity index (χ0) is 16.2. The smallest absolute Gasteiger partial charge is 0.231 e. The molecule has 1 heterocycles. The van der Waals surface area contributed by atoms with Crippen molar-refractivity contribution in [1.82, 2.24) is 5.32 Å². The van der Waals surface area contributed by atoms with Gasteiger partial charge in [0, 0.05) is 12.1 Å². The highest BCUT2D eigenvalue weighted by Gasteiger charge is 2.13. The second-order valence-electron chi connectivity index (χ2n) is 4.94. The maximum absolute atomic E-state index is 5.44. The molecule has 0 saturated heterocycles. The van der Waals surface area contributed by atoms with E-state index in [1.165, 1.54) is 0 Å². The van der Waals surface area contributed by atoms with Crippen molar-refractivity contribution < 1.29 is 18.9 Å². The normalized spacial score (nSPS) is 11.9. The van der Waals surface area contributed by atoms with Crippen LogP contribution in [0.5, 0.6) is 23.0 Å². The number of hydrogen-bond donors (Lipinski definition) is 1. The fraction of sp³-hybridized carbons (Fsp3) is 0.235. The van der Waals surface area contributed by atoms with Gasteiger partial charge in [-0.05, 0) is 35.9 Å². The molecular weight excluding hydrogens is 314 g/mol. The standard InChI is InChI=1S/C17H17NO4S/c1-19-13-6-4-12(8-15(13)20-2)17(23)18-9-11-3-5-14-16(7-11)22-10-21-14/h3-8H,9-10H2,1-2H3,(H,18,23). The SMILES string of the molecule is COc1ccc(C(=S)NCc2ccc3c(c2)OCO3)cc1OC. The number of methoxy groups -OCH3 is 2. The molecule has 0 spiro atoms. The molecule has 0 radical (unpaired) electrons. The van der Waals surface area contributed by atoms with E-state index in [-0.39, 0.29) is 6.79 Å². The number of benzene rings is 2. The highest BCUT2D eigenvalue weighted by atomic mass is 32.1. The number of fused-ring (bicyclic) bond motifs is 1. The first kappa shape index (κ1) is 15.4. The number of rotatable bonds is 5. The Hall–Kier alpha value is -2.47. The largest absolute Gasteiger partial charge is 0.493 e.